The number of hydrogen-bond donors (Lipinski definition) is 2. The highest BCUT2D eigenvalue weighted by molar-refractivity contribution is 6.37. The number of imidazole rings is 1. The van der Waals surface area contributed by atoms with Crippen LogP contribution < -0.4 is 19.7 Å². The van der Waals surface area contributed by atoms with Crippen LogP contribution in [0.4, 0.5) is 14.6 Å². The number of nitriles is 1. The molecule has 5 aliphatic rings. The minimum atomic E-state index is -0.901. The van der Waals surface area contributed by atoms with E-state index in [1.165, 1.54) is 0 Å². The minimum Gasteiger partial charge on any atom is -0.489 e. The molecular weight excluding hydrogens is 626 g/mol. The third kappa shape index (κ3) is 3.82. The van der Waals surface area contributed by atoms with E-state index in [0.717, 1.165) is 37.7 Å². The first-order valence-corrected chi connectivity index (χ1v) is 16.7. The predicted molar refractivity (Wildman–Crippen MR) is 173 cm³/mol. The molecule has 5 aliphatic heterocycles. The van der Waals surface area contributed by atoms with E-state index in [4.69, 9.17) is 31.0 Å². The lowest BCUT2D eigenvalue weighted by Crippen LogP contribution is -2.60. The molecule has 2 N–H and O–H groups in total. The number of halogens is 3. The Kier molecular flexibility index (Phi) is 5.89. The molecule has 0 radical (unpaired) electrons. The number of ether oxygens (including phenoxy) is 2. The molecule has 240 valence electrons. The molecule has 2 aromatic carbocycles. The third-order valence-electron chi connectivity index (χ3n) is 11.3. The smallest absolute Gasteiger partial charge is 0.319 e. The van der Waals surface area contributed by atoms with Gasteiger partial charge in [0.05, 0.1) is 27.5 Å². The minimum absolute atomic E-state index is 0.0433. The molecule has 2 bridgehead atoms. The Bertz CT molecular complexity index is 2180. The highest BCUT2D eigenvalue weighted by atomic mass is 35.5. The Balaban J connectivity index is 1.19. The normalized spacial score (nSPS) is 28.1. The average molecular weight is 657 g/mol. The molecule has 0 saturated carbocycles. The van der Waals surface area contributed by atoms with Crippen molar-refractivity contribution in [1.29, 1.82) is 5.26 Å². The summed E-state index contributed by atoms with van der Waals surface area (Å²) in [5.41, 5.74) is 1.95. The van der Waals surface area contributed by atoms with Gasteiger partial charge >= 0.3 is 6.01 Å². The van der Waals surface area contributed by atoms with Crippen LogP contribution in [0.2, 0.25) is 5.02 Å². The SMILES string of the molecule is N#Cc1c2c(-c3c(Cl)c4c5c(nc(OC[C@@]67CCCN6C[C@H](F)C7)nc5c3F)N3CC5CCC(N5)C3CO4)cccc2n2cc[nH]c12. The number of benzene rings is 2. The molecule has 5 aromatic rings. The largest absolute Gasteiger partial charge is 0.489 e. The predicted octanol–water partition coefficient (Wildman–Crippen LogP) is 5.35. The number of nitrogens with zero attached hydrogens (tertiary/aromatic N) is 6. The molecule has 10 rings (SSSR count). The van der Waals surface area contributed by atoms with Crippen LogP contribution >= 0.6 is 11.6 Å². The van der Waals surface area contributed by atoms with E-state index in [9.17, 15) is 9.65 Å². The molecule has 5 atom stereocenters. The van der Waals surface area contributed by atoms with Gasteiger partial charge in [-0.05, 0) is 43.9 Å². The van der Waals surface area contributed by atoms with Gasteiger partial charge in [0.25, 0.3) is 0 Å². The number of fused-ring (bicyclic) bond motifs is 9. The summed E-state index contributed by atoms with van der Waals surface area (Å²) in [4.78, 5) is 17.2. The van der Waals surface area contributed by atoms with E-state index < -0.39 is 17.5 Å². The van der Waals surface area contributed by atoms with E-state index in [1.807, 2.05) is 22.7 Å². The maximum Gasteiger partial charge on any atom is 0.319 e. The third-order valence-corrected chi connectivity index (χ3v) is 11.6. The molecule has 3 unspecified atom stereocenters. The van der Waals surface area contributed by atoms with Crippen molar-refractivity contribution in [3.63, 3.8) is 0 Å². The van der Waals surface area contributed by atoms with Crippen LogP contribution in [0.3, 0.4) is 0 Å². The van der Waals surface area contributed by atoms with Crippen molar-refractivity contribution in [2.45, 2.75) is 61.9 Å². The van der Waals surface area contributed by atoms with Gasteiger partial charge in [0, 0.05) is 54.9 Å². The standard InChI is InChI=1S/C34H31ClF2N8O2/c35-27-25(19-3-1-4-22-24(19)20(12-38)31-39-8-10-44(22)31)28(37)29-26-30(27)46-15-23-21-6-5-18(40-21)14-45(23)32(26)42-33(41-29)47-16-34-7-2-9-43(34)13-17(36)11-34/h1,3-4,8,10,17-18,21,23,39-40H,2,5-7,9,11,13-16H2/t17-,18?,21?,23?,34+/m1/s1. The lowest BCUT2D eigenvalue weighted by atomic mass is 9.95. The average Bonchev–Trinajstić information content (AvgIpc) is 3.87. The molecule has 3 aromatic heterocycles. The fraction of sp³-hybridized carbons (Fsp3) is 0.441. The van der Waals surface area contributed by atoms with Crippen molar-refractivity contribution in [2.24, 2.45) is 0 Å². The lowest BCUT2D eigenvalue weighted by molar-refractivity contribution is 0.107. The number of aromatic amines is 1. The number of nitrogens with one attached hydrogen (secondary N) is 2. The quantitative estimate of drug-likeness (QED) is 0.267. The van der Waals surface area contributed by atoms with E-state index in [-0.39, 0.29) is 46.8 Å². The first-order chi connectivity index (χ1) is 22.9. The van der Waals surface area contributed by atoms with Gasteiger partial charge in [-0.3, -0.25) is 4.90 Å². The number of H-pyrrole nitrogens is 1. The van der Waals surface area contributed by atoms with Crippen molar-refractivity contribution < 1.29 is 18.3 Å². The summed E-state index contributed by atoms with van der Waals surface area (Å²) in [6.07, 6.45) is 6.94. The zero-order valence-electron chi connectivity index (χ0n) is 25.4. The molecule has 4 saturated heterocycles. The molecule has 47 heavy (non-hydrogen) atoms. The molecule has 8 heterocycles. The zero-order valence-corrected chi connectivity index (χ0v) is 26.2. The number of hydrogen-bond acceptors (Lipinski definition) is 8. The van der Waals surface area contributed by atoms with Crippen molar-refractivity contribution >= 4 is 44.9 Å². The highest BCUT2D eigenvalue weighted by Gasteiger charge is 2.50. The van der Waals surface area contributed by atoms with Gasteiger partial charge in [0.1, 0.15) is 48.0 Å². The number of anilines is 1. The monoisotopic (exact) mass is 656 g/mol. The van der Waals surface area contributed by atoms with Gasteiger partial charge in [-0.1, -0.05) is 23.7 Å². The fourth-order valence-corrected chi connectivity index (χ4v) is 9.53. The lowest BCUT2D eigenvalue weighted by Gasteiger charge is -2.40. The van der Waals surface area contributed by atoms with Gasteiger partial charge in [-0.15, -0.1) is 0 Å². The van der Waals surface area contributed by atoms with Crippen LogP contribution in [0, 0.1) is 17.1 Å². The number of aromatic nitrogens is 4. The zero-order chi connectivity index (χ0) is 31.6. The number of piperazine rings is 1. The second kappa shape index (κ2) is 9.92. The molecule has 0 spiro atoms. The summed E-state index contributed by atoms with van der Waals surface area (Å²) < 4.78 is 46.6. The van der Waals surface area contributed by atoms with Gasteiger partial charge in [0.2, 0.25) is 0 Å². The Morgan fingerprint density at radius 3 is 3.02 bits per heavy atom. The van der Waals surface area contributed by atoms with Crippen LogP contribution in [0.25, 0.3) is 38.6 Å². The van der Waals surface area contributed by atoms with E-state index in [2.05, 4.69) is 26.2 Å². The second-order valence-electron chi connectivity index (χ2n) is 13.7. The van der Waals surface area contributed by atoms with Gasteiger partial charge in [0.15, 0.2) is 11.6 Å². The van der Waals surface area contributed by atoms with Crippen LogP contribution in [-0.4, -0.2) is 86.9 Å². The molecular formula is C34H31ClF2N8O2. The Hall–Kier alpha value is -4.18. The van der Waals surface area contributed by atoms with Crippen LogP contribution in [0.15, 0.2) is 30.6 Å². The van der Waals surface area contributed by atoms with Crippen molar-refractivity contribution in [3.05, 3.63) is 47.0 Å². The molecule has 0 amide bonds. The van der Waals surface area contributed by atoms with Crippen LogP contribution in [0.1, 0.15) is 37.7 Å². The maximum absolute atomic E-state index is 17.3. The molecule has 10 nitrogen and oxygen atoms in total. The first kappa shape index (κ1) is 27.9. The Labute approximate surface area is 273 Å². The highest BCUT2D eigenvalue weighted by Crippen LogP contribution is 2.51. The van der Waals surface area contributed by atoms with E-state index >= 15 is 4.39 Å². The summed E-state index contributed by atoms with van der Waals surface area (Å²) in [5.74, 6) is 0.220. The van der Waals surface area contributed by atoms with E-state index in [0.29, 0.717) is 65.2 Å². The summed E-state index contributed by atoms with van der Waals surface area (Å²) >= 11 is 7.19. The van der Waals surface area contributed by atoms with Crippen LogP contribution in [-0.2, 0) is 0 Å². The van der Waals surface area contributed by atoms with Gasteiger partial charge in [-0.25, -0.2) is 8.78 Å². The molecule has 13 heteroatoms. The van der Waals surface area contributed by atoms with Gasteiger partial charge < -0.3 is 29.1 Å². The molecule has 4 fully saturated rings. The fourth-order valence-electron chi connectivity index (χ4n) is 9.20. The maximum atomic E-state index is 17.3. The van der Waals surface area contributed by atoms with Crippen molar-refractivity contribution in [1.82, 2.24) is 29.6 Å². The number of rotatable bonds is 4. The van der Waals surface area contributed by atoms with Gasteiger partial charge in [-0.2, -0.15) is 15.2 Å². The summed E-state index contributed by atoms with van der Waals surface area (Å²) in [6.45, 7) is 2.47. The number of alkyl halides is 1. The first-order valence-electron chi connectivity index (χ1n) is 16.3. The second-order valence-corrected chi connectivity index (χ2v) is 14.1. The summed E-state index contributed by atoms with van der Waals surface area (Å²) in [7, 11) is 0. The van der Waals surface area contributed by atoms with Crippen LogP contribution in [0.5, 0.6) is 11.8 Å². The Morgan fingerprint density at radius 1 is 1.21 bits per heavy atom. The Morgan fingerprint density at radius 2 is 2.13 bits per heavy atom. The van der Waals surface area contributed by atoms with Crippen molar-refractivity contribution in [2.75, 3.05) is 37.7 Å². The van der Waals surface area contributed by atoms with E-state index in [1.54, 1.807) is 12.3 Å². The topological polar surface area (TPSA) is 107 Å². The van der Waals surface area contributed by atoms with Crippen molar-refractivity contribution in [3.8, 4) is 29.0 Å². The molecule has 0 aliphatic carbocycles. The summed E-state index contributed by atoms with van der Waals surface area (Å²) in [5, 5.41) is 15.0. The summed E-state index contributed by atoms with van der Waals surface area (Å²) in [6, 6.07) is 8.25.